The van der Waals surface area contributed by atoms with Gasteiger partial charge < -0.3 is 5.73 Å². The van der Waals surface area contributed by atoms with E-state index in [0.717, 1.165) is 24.3 Å². The molecule has 50 valence electrons. The highest BCUT2D eigenvalue weighted by molar-refractivity contribution is 5.10. The van der Waals surface area contributed by atoms with Crippen LogP contribution in [0.25, 0.3) is 0 Å². The molecule has 1 saturated carbocycles. The van der Waals surface area contributed by atoms with E-state index in [9.17, 15) is 0 Å². The van der Waals surface area contributed by atoms with Gasteiger partial charge in [-0.2, -0.15) is 0 Å². The third-order valence-corrected chi connectivity index (χ3v) is 2.72. The predicted molar refractivity (Wildman–Crippen MR) is 37.9 cm³/mol. The molecule has 0 aromatic rings. The number of hydrogen-bond donors (Lipinski definition) is 1. The summed E-state index contributed by atoms with van der Waals surface area (Å²) in [6, 6.07) is 0. The van der Waals surface area contributed by atoms with E-state index in [4.69, 9.17) is 5.73 Å². The van der Waals surface area contributed by atoms with Crippen LogP contribution >= 0.6 is 0 Å². The Kier molecular flexibility index (Phi) is 1.12. The second kappa shape index (κ2) is 1.84. The van der Waals surface area contributed by atoms with Crippen molar-refractivity contribution in [3.05, 3.63) is 12.2 Å². The van der Waals surface area contributed by atoms with Gasteiger partial charge in [0.15, 0.2) is 0 Å². The molecular weight excluding hydrogens is 110 g/mol. The van der Waals surface area contributed by atoms with Gasteiger partial charge in [0.1, 0.15) is 0 Å². The summed E-state index contributed by atoms with van der Waals surface area (Å²) in [5, 5.41) is 0. The summed E-state index contributed by atoms with van der Waals surface area (Å²) in [6.45, 7) is 0.894. The van der Waals surface area contributed by atoms with Crippen LogP contribution in [0.3, 0.4) is 0 Å². The molecule has 0 amide bonds. The van der Waals surface area contributed by atoms with Crippen molar-refractivity contribution in [3.8, 4) is 0 Å². The fourth-order valence-corrected chi connectivity index (χ4v) is 2.17. The second-order valence-corrected chi connectivity index (χ2v) is 3.28. The van der Waals surface area contributed by atoms with Crippen molar-refractivity contribution in [2.75, 3.05) is 6.54 Å². The molecule has 0 unspecified atom stereocenters. The SMILES string of the molecule is NC[C@@H]1C[C@@H]2C=C[C@@H]1C2. The monoisotopic (exact) mass is 123 g/mol. The Morgan fingerprint density at radius 3 is 2.56 bits per heavy atom. The molecule has 1 nitrogen and oxygen atoms in total. The van der Waals surface area contributed by atoms with Gasteiger partial charge in [-0.15, -0.1) is 0 Å². The normalized spacial score (nSPS) is 46.6. The average Bonchev–Trinajstić information content (AvgIpc) is 2.45. The summed E-state index contributed by atoms with van der Waals surface area (Å²) in [6.07, 6.45) is 7.46. The minimum atomic E-state index is 0.819. The zero-order valence-electron chi connectivity index (χ0n) is 5.59. The smallest absolute Gasteiger partial charge is 0.00430 e. The minimum Gasteiger partial charge on any atom is -0.330 e. The van der Waals surface area contributed by atoms with Gasteiger partial charge in [-0.3, -0.25) is 0 Å². The zero-order valence-corrected chi connectivity index (χ0v) is 5.59. The molecule has 0 aromatic heterocycles. The summed E-state index contributed by atoms with van der Waals surface area (Å²) in [4.78, 5) is 0. The van der Waals surface area contributed by atoms with Gasteiger partial charge in [0.25, 0.3) is 0 Å². The predicted octanol–water partition coefficient (Wildman–Crippen LogP) is 1.16. The molecule has 0 saturated heterocycles. The van der Waals surface area contributed by atoms with E-state index in [1.807, 2.05) is 0 Å². The van der Waals surface area contributed by atoms with Gasteiger partial charge in [-0.1, -0.05) is 12.2 Å². The van der Waals surface area contributed by atoms with Crippen LogP contribution in [-0.2, 0) is 0 Å². The van der Waals surface area contributed by atoms with Crippen LogP contribution in [0.4, 0.5) is 0 Å². The van der Waals surface area contributed by atoms with Crippen LogP contribution in [0.1, 0.15) is 12.8 Å². The number of allylic oxidation sites excluding steroid dienone is 2. The van der Waals surface area contributed by atoms with Crippen molar-refractivity contribution >= 4 is 0 Å². The van der Waals surface area contributed by atoms with Gasteiger partial charge in [0.2, 0.25) is 0 Å². The quantitative estimate of drug-likeness (QED) is 0.520. The molecule has 2 aliphatic carbocycles. The zero-order chi connectivity index (χ0) is 6.27. The Morgan fingerprint density at radius 1 is 1.33 bits per heavy atom. The molecule has 0 radical (unpaired) electrons. The number of rotatable bonds is 1. The standard InChI is InChI=1S/C8H13N/c9-5-8-4-6-1-2-7(8)3-6/h1-2,6-8H,3-5,9H2/t6-,7-,8+/m1/s1. The van der Waals surface area contributed by atoms with Gasteiger partial charge in [-0.25, -0.2) is 0 Å². The van der Waals surface area contributed by atoms with E-state index >= 15 is 0 Å². The van der Waals surface area contributed by atoms with Gasteiger partial charge in [0.05, 0.1) is 0 Å². The first-order valence-electron chi connectivity index (χ1n) is 3.78. The van der Waals surface area contributed by atoms with Crippen molar-refractivity contribution in [2.24, 2.45) is 23.5 Å². The average molecular weight is 123 g/mol. The highest BCUT2D eigenvalue weighted by atomic mass is 14.6. The van der Waals surface area contributed by atoms with Crippen molar-refractivity contribution in [3.63, 3.8) is 0 Å². The van der Waals surface area contributed by atoms with E-state index in [1.54, 1.807) is 0 Å². The van der Waals surface area contributed by atoms with E-state index < -0.39 is 0 Å². The molecule has 0 heterocycles. The summed E-state index contributed by atoms with van der Waals surface area (Å²) >= 11 is 0. The Balaban J connectivity index is 2.10. The Morgan fingerprint density at radius 2 is 2.22 bits per heavy atom. The van der Waals surface area contributed by atoms with Crippen molar-refractivity contribution < 1.29 is 0 Å². The lowest BCUT2D eigenvalue weighted by atomic mass is 9.94. The lowest BCUT2D eigenvalue weighted by Crippen LogP contribution is -2.17. The molecule has 1 heteroatoms. The van der Waals surface area contributed by atoms with Crippen molar-refractivity contribution in [2.45, 2.75) is 12.8 Å². The van der Waals surface area contributed by atoms with Crippen LogP contribution in [0.5, 0.6) is 0 Å². The summed E-state index contributed by atoms with van der Waals surface area (Å²) in [5.74, 6) is 2.56. The molecule has 3 atom stereocenters. The van der Waals surface area contributed by atoms with E-state index in [-0.39, 0.29) is 0 Å². The van der Waals surface area contributed by atoms with Crippen molar-refractivity contribution in [1.82, 2.24) is 0 Å². The number of fused-ring (bicyclic) bond motifs is 2. The highest BCUT2D eigenvalue weighted by Crippen LogP contribution is 2.42. The fraction of sp³-hybridized carbons (Fsp3) is 0.750. The summed E-state index contributed by atoms with van der Waals surface area (Å²) < 4.78 is 0. The van der Waals surface area contributed by atoms with Crippen LogP contribution in [0, 0.1) is 17.8 Å². The Bertz CT molecular complexity index is 140. The Labute approximate surface area is 55.9 Å². The maximum atomic E-state index is 5.59. The number of hydrogen-bond acceptors (Lipinski definition) is 1. The summed E-state index contributed by atoms with van der Waals surface area (Å²) in [5.41, 5.74) is 5.59. The van der Waals surface area contributed by atoms with Crippen LogP contribution in [0.15, 0.2) is 12.2 Å². The van der Waals surface area contributed by atoms with Crippen LogP contribution in [-0.4, -0.2) is 6.54 Å². The molecule has 2 bridgehead atoms. The van der Waals surface area contributed by atoms with Crippen LogP contribution < -0.4 is 5.73 Å². The van der Waals surface area contributed by atoms with Gasteiger partial charge in [-0.05, 0) is 37.1 Å². The lowest BCUT2D eigenvalue weighted by Gasteiger charge is -2.14. The summed E-state index contributed by atoms with van der Waals surface area (Å²) in [7, 11) is 0. The Hall–Kier alpha value is -0.300. The van der Waals surface area contributed by atoms with Gasteiger partial charge in [0, 0.05) is 0 Å². The largest absolute Gasteiger partial charge is 0.330 e. The minimum absolute atomic E-state index is 0.819. The molecule has 2 rings (SSSR count). The highest BCUT2D eigenvalue weighted by Gasteiger charge is 2.34. The maximum Gasteiger partial charge on any atom is -0.00430 e. The molecule has 0 aliphatic heterocycles. The first kappa shape index (κ1) is 5.48. The topological polar surface area (TPSA) is 26.0 Å². The molecule has 1 fully saturated rings. The van der Waals surface area contributed by atoms with Crippen molar-refractivity contribution in [1.29, 1.82) is 0 Å². The lowest BCUT2D eigenvalue weighted by molar-refractivity contribution is 0.459. The molecule has 0 aromatic carbocycles. The first-order valence-corrected chi connectivity index (χ1v) is 3.78. The maximum absolute atomic E-state index is 5.59. The molecule has 2 N–H and O–H groups in total. The molecular formula is C8H13N. The molecule has 2 aliphatic rings. The third-order valence-electron chi connectivity index (χ3n) is 2.72. The third kappa shape index (κ3) is 0.715. The second-order valence-electron chi connectivity index (χ2n) is 3.28. The molecule has 0 spiro atoms. The van der Waals surface area contributed by atoms with Gasteiger partial charge >= 0.3 is 0 Å². The van der Waals surface area contributed by atoms with E-state index in [0.29, 0.717) is 0 Å². The fourth-order valence-electron chi connectivity index (χ4n) is 2.17. The molecule has 9 heavy (non-hydrogen) atoms. The van der Waals surface area contributed by atoms with E-state index in [2.05, 4.69) is 12.2 Å². The van der Waals surface area contributed by atoms with E-state index in [1.165, 1.54) is 12.8 Å². The first-order chi connectivity index (χ1) is 4.40. The number of nitrogens with two attached hydrogens (primary N) is 1. The van der Waals surface area contributed by atoms with Crippen LogP contribution in [0.2, 0.25) is 0 Å².